The summed E-state index contributed by atoms with van der Waals surface area (Å²) in [5, 5.41) is 12.6. The first-order chi connectivity index (χ1) is 9.97. The van der Waals surface area contributed by atoms with Gasteiger partial charge in [0.1, 0.15) is 19.9 Å². The van der Waals surface area contributed by atoms with Gasteiger partial charge in [0.2, 0.25) is 0 Å². The smallest absolute Gasteiger partial charge is 0.158 e. The number of pyridine rings is 1. The molecule has 108 valence electrons. The van der Waals surface area contributed by atoms with Crippen LogP contribution in [0.25, 0.3) is 11.0 Å². The summed E-state index contributed by atoms with van der Waals surface area (Å²) < 4.78 is 6.05. The molecule has 0 saturated carbocycles. The van der Waals surface area contributed by atoms with Gasteiger partial charge in [-0.3, -0.25) is 4.98 Å². The molecule has 0 fully saturated rings. The van der Waals surface area contributed by atoms with Crippen LogP contribution >= 0.6 is 0 Å². The lowest BCUT2D eigenvalue weighted by Crippen LogP contribution is -2.36. The molecule has 21 heavy (non-hydrogen) atoms. The van der Waals surface area contributed by atoms with E-state index < -0.39 is 14.2 Å². The molecule has 0 spiro atoms. The van der Waals surface area contributed by atoms with Crippen LogP contribution in [0.2, 0.25) is 19.6 Å². The molecule has 0 aliphatic carbocycles. The van der Waals surface area contributed by atoms with Crippen molar-refractivity contribution in [3.05, 3.63) is 59.9 Å². The highest BCUT2D eigenvalue weighted by molar-refractivity contribution is 6.87. The van der Waals surface area contributed by atoms with Crippen molar-refractivity contribution in [2.45, 2.75) is 25.7 Å². The molecule has 1 unspecified atom stereocenters. The Balaban J connectivity index is 2.13. The monoisotopic (exact) mass is 297 g/mol. The van der Waals surface area contributed by atoms with E-state index in [0.717, 1.165) is 16.3 Å². The van der Waals surface area contributed by atoms with Gasteiger partial charge in [0, 0.05) is 11.6 Å². The molecule has 3 rings (SSSR count). The van der Waals surface area contributed by atoms with Gasteiger partial charge in [-0.1, -0.05) is 50.0 Å². The van der Waals surface area contributed by atoms with Gasteiger partial charge in [-0.25, -0.2) is 0 Å². The van der Waals surface area contributed by atoms with Crippen LogP contribution in [-0.4, -0.2) is 18.2 Å². The van der Waals surface area contributed by atoms with Gasteiger partial charge in [-0.2, -0.15) is 0 Å². The molecule has 0 aliphatic heterocycles. The third kappa shape index (κ3) is 2.64. The van der Waals surface area contributed by atoms with Gasteiger partial charge in [0.25, 0.3) is 0 Å². The van der Waals surface area contributed by atoms with Gasteiger partial charge in [0.15, 0.2) is 5.58 Å². The first kappa shape index (κ1) is 14.0. The van der Waals surface area contributed by atoms with Crippen LogP contribution in [-0.2, 0) is 0 Å². The van der Waals surface area contributed by atoms with Crippen LogP contribution in [0, 0.1) is 0 Å². The molecule has 0 radical (unpaired) electrons. The summed E-state index contributed by atoms with van der Waals surface area (Å²) in [7, 11) is -1.53. The number of aliphatic hydroxyl groups is 1. The van der Waals surface area contributed by atoms with Gasteiger partial charge in [0.05, 0.1) is 5.38 Å². The quantitative estimate of drug-likeness (QED) is 0.753. The second-order valence-electron chi connectivity index (χ2n) is 6.29. The van der Waals surface area contributed by atoms with Crippen molar-refractivity contribution in [3.8, 4) is 0 Å². The fraction of sp³-hybridized carbons (Fsp3) is 0.235. The summed E-state index contributed by atoms with van der Waals surface area (Å²) >= 11 is 0. The van der Waals surface area contributed by atoms with Crippen LogP contribution in [0.3, 0.4) is 0 Å². The largest absolute Gasteiger partial charge is 0.464 e. The number of fused-ring (bicyclic) bond motifs is 1. The van der Waals surface area contributed by atoms with E-state index in [4.69, 9.17) is 4.42 Å². The van der Waals surface area contributed by atoms with Crippen LogP contribution < -0.4 is 5.38 Å². The Morgan fingerprint density at radius 2 is 1.81 bits per heavy atom. The predicted octanol–water partition coefficient (Wildman–Crippen LogP) is 3.45. The van der Waals surface area contributed by atoms with E-state index in [1.807, 2.05) is 36.4 Å². The molecule has 1 atom stereocenters. The number of rotatable bonds is 3. The van der Waals surface area contributed by atoms with Gasteiger partial charge in [-0.15, -0.1) is 0 Å². The number of furan rings is 1. The molecule has 1 N–H and O–H groups in total. The lowest BCUT2D eigenvalue weighted by Gasteiger charge is -2.12. The summed E-state index contributed by atoms with van der Waals surface area (Å²) in [4.78, 5) is 4.35. The number of aliphatic hydroxyl groups excluding tert-OH is 1. The normalized spacial score (nSPS) is 13.5. The minimum atomic E-state index is -1.53. The maximum Gasteiger partial charge on any atom is 0.158 e. The first-order valence-electron chi connectivity index (χ1n) is 7.09. The summed E-state index contributed by atoms with van der Waals surface area (Å²) in [5.74, 6) is 0. The van der Waals surface area contributed by atoms with Gasteiger partial charge >= 0.3 is 0 Å². The molecule has 2 heterocycles. The fourth-order valence-electron chi connectivity index (χ4n) is 2.34. The average molecular weight is 297 g/mol. The Hall–Kier alpha value is -1.91. The Morgan fingerprint density at radius 3 is 2.48 bits per heavy atom. The highest BCUT2D eigenvalue weighted by atomic mass is 28.3. The topological polar surface area (TPSA) is 46.3 Å². The van der Waals surface area contributed by atoms with E-state index in [-0.39, 0.29) is 0 Å². The maximum absolute atomic E-state index is 10.6. The minimum Gasteiger partial charge on any atom is -0.464 e. The molecule has 4 heteroatoms. The lowest BCUT2D eigenvalue weighted by molar-refractivity contribution is 0.215. The van der Waals surface area contributed by atoms with Gasteiger partial charge < -0.3 is 9.52 Å². The second-order valence-corrected chi connectivity index (χ2v) is 11.3. The van der Waals surface area contributed by atoms with E-state index in [1.165, 1.54) is 0 Å². The zero-order chi connectivity index (χ0) is 15.0. The van der Waals surface area contributed by atoms with Crippen molar-refractivity contribution >= 4 is 24.4 Å². The van der Waals surface area contributed by atoms with E-state index in [2.05, 4.69) is 30.7 Å². The molecule has 1 aromatic carbocycles. The second kappa shape index (κ2) is 5.13. The standard InChI is InChI=1S/C17H19NO2Si/c1-21(2,3)14-11-13-9-10-18-15(17(13)20-14)16(19)12-7-5-4-6-8-12/h4-11,16,19H,1-3H3. The number of benzene rings is 1. The van der Waals surface area contributed by atoms with Crippen molar-refractivity contribution in [1.29, 1.82) is 0 Å². The summed E-state index contributed by atoms with van der Waals surface area (Å²) in [6.45, 7) is 6.72. The summed E-state index contributed by atoms with van der Waals surface area (Å²) in [5.41, 5.74) is 2.11. The molecule has 0 aliphatic rings. The number of hydrogen-bond acceptors (Lipinski definition) is 3. The molecule has 3 nitrogen and oxygen atoms in total. The SMILES string of the molecule is C[Si](C)(C)c1cc2ccnc(C(O)c3ccccc3)c2o1. The van der Waals surface area contributed by atoms with Crippen LogP contribution in [0.15, 0.2) is 53.1 Å². The van der Waals surface area contributed by atoms with Gasteiger partial charge in [-0.05, 0) is 17.7 Å². The Labute approximate surface area is 125 Å². The molecule has 0 bridgehead atoms. The first-order valence-corrected chi connectivity index (χ1v) is 10.6. The number of hydrogen-bond donors (Lipinski definition) is 1. The number of aromatic nitrogens is 1. The van der Waals surface area contributed by atoms with E-state index in [9.17, 15) is 5.11 Å². The van der Waals surface area contributed by atoms with Crippen molar-refractivity contribution in [1.82, 2.24) is 4.98 Å². The van der Waals surface area contributed by atoms with Crippen molar-refractivity contribution in [2.75, 3.05) is 0 Å². The fourth-order valence-corrected chi connectivity index (χ4v) is 3.34. The van der Waals surface area contributed by atoms with Crippen molar-refractivity contribution in [3.63, 3.8) is 0 Å². The molecule has 0 saturated heterocycles. The molecular formula is C17H19NO2Si. The zero-order valence-corrected chi connectivity index (χ0v) is 13.5. The van der Waals surface area contributed by atoms with Crippen molar-refractivity contribution < 1.29 is 9.52 Å². The third-order valence-corrected chi connectivity index (χ3v) is 5.30. The predicted molar refractivity (Wildman–Crippen MR) is 87.5 cm³/mol. The highest BCUT2D eigenvalue weighted by Crippen LogP contribution is 2.27. The van der Waals surface area contributed by atoms with E-state index in [0.29, 0.717) is 11.3 Å². The van der Waals surface area contributed by atoms with Crippen molar-refractivity contribution in [2.24, 2.45) is 0 Å². The summed E-state index contributed by atoms with van der Waals surface area (Å²) in [6, 6.07) is 13.6. The lowest BCUT2D eigenvalue weighted by atomic mass is 10.1. The number of nitrogens with zero attached hydrogens (tertiary/aromatic N) is 1. The summed E-state index contributed by atoms with van der Waals surface area (Å²) in [6.07, 6.45) is 0.961. The Morgan fingerprint density at radius 1 is 1.10 bits per heavy atom. The van der Waals surface area contributed by atoms with E-state index >= 15 is 0 Å². The molecule has 3 aromatic rings. The Bertz CT molecular complexity index is 759. The van der Waals surface area contributed by atoms with Crippen LogP contribution in [0.5, 0.6) is 0 Å². The molecule has 2 aromatic heterocycles. The van der Waals surface area contributed by atoms with E-state index in [1.54, 1.807) is 6.20 Å². The highest BCUT2D eigenvalue weighted by Gasteiger charge is 2.24. The minimum absolute atomic E-state index is 0.586. The molecule has 0 amide bonds. The third-order valence-electron chi connectivity index (χ3n) is 3.57. The zero-order valence-electron chi connectivity index (χ0n) is 12.5. The molecular weight excluding hydrogens is 278 g/mol. The van der Waals surface area contributed by atoms with Crippen LogP contribution in [0.4, 0.5) is 0 Å². The van der Waals surface area contributed by atoms with Crippen LogP contribution in [0.1, 0.15) is 17.4 Å². The maximum atomic E-state index is 10.6. The Kier molecular flexibility index (Phi) is 3.43. The average Bonchev–Trinajstić information content (AvgIpc) is 2.91.